The summed E-state index contributed by atoms with van der Waals surface area (Å²) in [7, 11) is 4.07. The molecule has 3 rings (SSSR count). The van der Waals surface area contributed by atoms with E-state index in [0.29, 0.717) is 13.0 Å². The van der Waals surface area contributed by atoms with Gasteiger partial charge in [0, 0.05) is 13.2 Å². The maximum Gasteiger partial charge on any atom is 0.119 e. The van der Waals surface area contributed by atoms with E-state index in [0.717, 1.165) is 40.1 Å². The molecule has 0 saturated heterocycles. The zero-order valence-corrected chi connectivity index (χ0v) is 17.2. The van der Waals surface area contributed by atoms with Crippen molar-refractivity contribution < 1.29 is 9.84 Å². The van der Waals surface area contributed by atoms with Crippen LogP contribution in [0.2, 0.25) is 0 Å². The van der Waals surface area contributed by atoms with Gasteiger partial charge in [-0.15, -0.1) is 0 Å². The summed E-state index contributed by atoms with van der Waals surface area (Å²) in [6.45, 7) is 1.64. The van der Waals surface area contributed by atoms with E-state index in [4.69, 9.17) is 4.74 Å². The Morgan fingerprint density at radius 1 is 0.759 bits per heavy atom. The minimum Gasteiger partial charge on any atom is -0.492 e. The fourth-order valence-electron chi connectivity index (χ4n) is 3.35. The first-order valence-corrected chi connectivity index (χ1v) is 10.0. The molecule has 1 N–H and O–H groups in total. The van der Waals surface area contributed by atoms with E-state index in [-0.39, 0.29) is 6.61 Å². The zero-order valence-electron chi connectivity index (χ0n) is 17.2. The van der Waals surface area contributed by atoms with Crippen LogP contribution in [0, 0.1) is 0 Å². The summed E-state index contributed by atoms with van der Waals surface area (Å²) in [5.41, 5.74) is 5.67. The first-order valence-electron chi connectivity index (χ1n) is 10.0. The number of hydrogen-bond donors (Lipinski definition) is 1. The summed E-state index contributed by atoms with van der Waals surface area (Å²) >= 11 is 0. The van der Waals surface area contributed by atoms with E-state index >= 15 is 0 Å². The third-order valence-electron chi connectivity index (χ3n) is 4.80. The molecule has 0 spiro atoms. The molecule has 0 aliphatic carbocycles. The summed E-state index contributed by atoms with van der Waals surface area (Å²) < 4.78 is 5.85. The van der Waals surface area contributed by atoms with Gasteiger partial charge < -0.3 is 14.7 Å². The van der Waals surface area contributed by atoms with Crippen LogP contribution in [0.25, 0.3) is 11.1 Å². The molecule has 0 bridgehead atoms. The van der Waals surface area contributed by atoms with Gasteiger partial charge in [0.05, 0.1) is 0 Å². The van der Waals surface area contributed by atoms with Gasteiger partial charge in [0.25, 0.3) is 0 Å². The summed E-state index contributed by atoms with van der Waals surface area (Å²) in [6.07, 6.45) is 0.593. The maximum atomic E-state index is 9.77. The number of benzene rings is 3. The largest absolute Gasteiger partial charge is 0.492 e. The van der Waals surface area contributed by atoms with Crippen LogP contribution in [0.4, 0.5) is 0 Å². The number of hydrogen-bond acceptors (Lipinski definition) is 3. The van der Waals surface area contributed by atoms with Crippen LogP contribution >= 0.6 is 0 Å². The molecule has 0 fully saturated rings. The van der Waals surface area contributed by atoms with Gasteiger partial charge >= 0.3 is 0 Å². The molecule has 0 heterocycles. The number of rotatable bonds is 9. The molecular formula is C26H29NO2. The minimum atomic E-state index is 0.103. The Morgan fingerprint density at radius 2 is 1.31 bits per heavy atom. The molecule has 3 aromatic carbocycles. The molecule has 0 aliphatic heterocycles. The van der Waals surface area contributed by atoms with Crippen LogP contribution in [0.5, 0.6) is 5.75 Å². The quantitative estimate of drug-likeness (QED) is 0.526. The molecule has 3 aromatic rings. The molecule has 0 aromatic heterocycles. The molecule has 3 heteroatoms. The number of aliphatic hydroxyl groups is 1. The smallest absolute Gasteiger partial charge is 0.119 e. The SMILES string of the molecule is CN(C)CCOc1ccc(/C(=C(/CCO)c2ccccc2)c2ccccc2)cc1. The second kappa shape index (κ2) is 10.6. The summed E-state index contributed by atoms with van der Waals surface area (Å²) in [4.78, 5) is 2.10. The van der Waals surface area contributed by atoms with E-state index in [1.807, 2.05) is 50.5 Å². The fraction of sp³-hybridized carbons (Fsp3) is 0.231. The average Bonchev–Trinajstić information content (AvgIpc) is 2.75. The molecule has 150 valence electrons. The van der Waals surface area contributed by atoms with Crippen molar-refractivity contribution in [1.29, 1.82) is 0 Å². The van der Waals surface area contributed by atoms with Crippen molar-refractivity contribution in [1.82, 2.24) is 4.90 Å². The highest BCUT2D eigenvalue weighted by molar-refractivity contribution is 5.98. The van der Waals surface area contributed by atoms with Gasteiger partial charge in [0.15, 0.2) is 0 Å². The van der Waals surface area contributed by atoms with Gasteiger partial charge in [0.1, 0.15) is 12.4 Å². The lowest BCUT2D eigenvalue weighted by Gasteiger charge is -2.17. The van der Waals surface area contributed by atoms with E-state index in [1.54, 1.807) is 0 Å². The van der Waals surface area contributed by atoms with Crippen LogP contribution in [0.15, 0.2) is 84.9 Å². The van der Waals surface area contributed by atoms with Gasteiger partial charge in [-0.1, -0.05) is 72.8 Å². The first kappa shape index (κ1) is 20.8. The highest BCUT2D eigenvalue weighted by atomic mass is 16.5. The Bertz CT molecular complexity index is 900. The first-order chi connectivity index (χ1) is 14.2. The Morgan fingerprint density at radius 3 is 1.86 bits per heavy atom. The van der Waals surface area contributed by atoms with E-state index in [9.17, 15) is 5.11 Å². The zero-order chi connectivity index (χ0) is 20.5. The molecule has 0 radical (unpaired) electrons. The highest BCUT2D eigenvalue weighted by Crippen LogP contribution is 2.34. The minimum absolute atomic E-state index is 0.103. The van der Waals surface area contributed by atoms with Crippen LogP contribution in [0.1, 0.15) is 23.1 Å². The number of ether oxygens (including phenoxy) is 1. The summed E-state index contributed by atoms with van der Waals surface area (Å²) in [6, 6.07) is 28.9. The van der Waals surface area contributed by atoms with Crippen molar-refractivity contribution in [3.8, 4) is 5.75 Å². The second-order valence-electron chi connectivity index (χ2n) is 7.24. The van der Waals surface area contributed by atoms with E-state index in [1.165, 1.54) is 0 Å². The highest BCUT2D eigenvalue weighted by Gasteiger charge is 2.14. The Labute approximate surface area is 173 Å². The Kier molecular flexibility index (Phi) is 7.62. The summed E-state index contributed by atoms with van der Waals surface area (Å²) in [5, 5.41) is 9.77. The normalized spacial score (nSPS) is 12.0. The molecule has 0 atom stereocenters. The molecule has 0 amide bonds. The lowest BCUT2D eigenvalue weighted by Crippen LogP contribution is -2.19. The van der Waals surface area contributed by atoms with Crippen molar-refractivity contribution in [2.24, 2.45) is 0 Å². The van der Waals surface area contributed by atoms with Gasteiger partial charge in [-0.05, 0) is 60.5 Å². The predicted octanol–water partition coefficient (Wildman–Crippen LogP) is 4.97. The maximum absolute atomic E-state index is 9.77. The lowest BCUT2D eigenvalue weighted by atomic mass is 9.88. The molecule has 0 saturated carbocycles. The van der Waals surface area contributed by atoms with Crippen molar-refractivity contribution in [2.75, 3.05) is 33.9 Å². The van der Waals surface area contributed by atoms with Crippen LogP contribution < -0.4 is 4.74 Å². The van der Waals surface area contributed by atoms with Gasteiger partial charge in [0.2, 0.25) is 0 Å². The molecule has 0 unspecified atom stereocenters. The number of nitrogens with zero attached hydrogens (tertiary/aromatic N) is 1. The fourth-order valence-corrected chi connectivity index (χ4v) is 3.35. The van der Waals surface area contributed by atoms with Crippen molar-refractivity contribution >= 4 is 11.1 Å². The Hall–Kier alpha value is -2.88. The summed E-state index contributed by atoms with van der Waals surface area (Å²) in [5.74, 6) is 0.867. The lowest BCUT2D eigenvalue weighted by molar-refractivity contribution is 0.261. The van der Waals surface area contributed by atoms with Crippen LogP contribution in [-0.4, -0.2) is 43.9 Å². The monoisotopic (exact) mass is 387 g/mol. The van der Waals surface area contributed by atoms with E-state index < -0.39 is 0 Å². The van der Waals surface area contributed by atoms with Gasteiger partial charge in [-0.25, -0.2) is 0 Å². The van der Waals surface area contributed by atoms with Gasteiger partial charge in [-0.3, -0.25) is 0 Å². The number of aliphatic hydroxyl groups excluding tert-OH is 1. The van der Waals surface area contributed by atoms with Crippen molar-refractivity contribution in [2.45, 2.75) is 6.42 Å². The number of likely N-dealkylation sites (N-methyl/N-ethyl adjacent to an activating group) is 1. The topological polar surface area (TPSA) is 32.7 Å². The van der Waals surface area contributed by atoms with Crippen molar-refractivity contribution in [3.05, 3.63) is 102 Å². The predicted molar refractivity (Wildman–Crippen MR) is 121 cm³/mol. The van der Waals surface area contributed by atoms with Crippen molar-refractivity contribution in [3.63, 3.8) is 0 Å². The van der Waals surface area contributed by atoms with E-state index in [2.05, 4.69) is 53.4 Å². The van der Waals surface area contributed by atoms with Gasteiger partial charge in [-0.2, -0.15) is 0 Å². The average molecular weight is 388 g/mol. The van der Waals surface area contributed by atoms with Crippen LogP contribution in [-0.2, 0) is 0 Å². The molecule has 3 nitrogen and oxygen atoms in total. The third-order valence-corrected chi connectivity index (χ3v) is 4.80. The molecule has 0 aliphatic rings. The standard InChI is InChI=1S/C26H29NO2/c1-27(2)18-20-29-24-15-13-23(14-16-24)26(22-11-7-4-8-12-22)25(17-19-28)21-9-5-3-6-10-21/h3-16,28H,17-20H2,1-2H3/b26-25-. The third kappa shape index (κ3) is 5.80. The van der Waals surface area contributed by atoms with Crippen LogP contribution in [0.3, 0.4) is 0 Å². The molecule has 29 heavy (non-hydrogen) atoms. The molecular weight excluding hydrogens is 358 g/mol. The Balaban J connectivity index is 2.02. The second-order valence-corrected chi connectivity index (χ2v) is 7.24.